The number of allylic oxidation sites excluding steroid dienone is 2. The van der Waals surface area contributed by atoms with E-state index >= 15 is 0 Å². The molecule has 1 aliphatic heterocycles. The number of carbonyl (C=O) groups excluding carboxylic acids is 1. The maximum Gasteiger partial charge on any atom is 0.257 e. The van der Waals surface area contributed by atoms with Crippen molar-refractivity contribution in [1.29, 1.82) is 0 Å². The molecule has 3 atom stereocenters. The van der Waals surface area contributed by atoms with Crippen molar-refractivity contribution in [3.63, 3.8) is 0 Å². The summed E-state index contributed by atoms with van der Waals surface area (Å²) >= 11 is 1.56. The summed E-state index contributed by atoms with van der Waals surface area (Å²) in [7, 11) is 3.98. The predicted molar refractivity (Wildman–Crippen MR) is 123 cm³/mol. The number of carbonyl (C=O) groups is 1. The number of ketones is 1. The van der Waals surface area contributed by atoms with Crippen molar-refractivity contribution in [3.8, 4) is 0 Å². The van der Waals surface area contributed by atoms with Gasteiger partial charge < -0.3 is 15.2 Å². The first kappa shape index (κ1) is 20.7. The normalized spacial score (nSPS) is 21.2. The molecule has 0 bridgehead atoms. The molecule has 158 valence electrons. The molecule has 0 unspecified atom stereocenters. The monoisotopic (exact) mass is 424 g/mol. The lowest BCUT2D eigenvalue weighted by Gasteiger charge is -2.36. The molecule has 1 aromatic carbocycles. The highest BCUT2D eigenvalue weighted by atomic mass is 32.2. The van der Waals surface area contributed by atoms with Crippen LogP contribution in [-0.2, 0) is 4.79 Å². The summed E-state index contributed by atoms with van der Waals surface area (Å²) in [5.74, 6) is 0.0380. The molecule has 7 heteroatoms. The van der Waals surface area contributed by atoms with Crippen LogP contribution in [0.1, 0.15) is 50.2 Å². The van der Waals surface area contributed by atoms with Crippen LogP contribution in [0.5, 0.6) is 0 Å². The van der Waals surface area contributed by atoms with E-state index in [0.29, 0.717) is 28.2 Å². The maximum absolute atomic E-state index is 13.2. The second-order valence-electron chi connectivity index (χ2n) is 8.20. The highest BCUT2D eigenvalue weighted by Gasteiger charge is 2.42. The van der Waals surface area contributed by atoms with Gasteiger partial charge in [0.05, 0.1) is 11.5 Å². The quantitative estimate of drug-likeness (QED) is 0.555. The van der Waals surface area contributed by atoms with E-state index in [1.807, 2.05) is 43.3 Å². The molecule has 0 amide bonds. The van der Waals surface area contributed by atoms with Gasteiger partial charge in [-0.3, -0.25) is 9.59 Å². The zero-order valence-electron chi connectivity index (χ0n) is 17.9. The Balaban J connectivity index is 1.85. The van der Waals surface area contributed by atoms with Crippen molar-refractivity contribution in [1.82, 2.24) is 9.97 Å². The molecule has 1 aliphatic carbocycles. The van der Waals surface area contributed by atoms with E-state index in [9.17, 15) is 9.59 Å². The Bertz CT molecular complexity index is 1040. The molecule has 30 heavy (non-hydrogen) atoms. The number of thioether (sulfide) groups is 1. The summed E-state index contributed by atoms with van der Waals surface area (Å²) in [4.78, 5) is 35.9. The van der Waals surface area contributed by atoms with Crippen LogP contribution in [0.2, 0.25) is 0 Å². The molecule has 0 spiro atoms. The van der Waals surface area contributed by atoms with Crippen LogP contribution >= 0.6 is 11.8 Å². The number of rotatable bonds is 5. The van der Waals surface area contributed by atoms with Gasteiger partial charge in [0, 0.05) is 43.1 Å². The molecule has 6 nitrogen and oxygen atoms in total. The van der Waals surface area contributed by atoms with Crippen LogP contribution in [0, 0.1) is 5.92 Å². The Hall–Kier alpha value is -2.54. The molecular formula is C23H28N4O2S. The second-order valence-corrected chi connectivity index (χ2v) is 9.63. The van der Waals surface area contributed by atoms with Gasteiger partial charge in [0.2, 0.25) is 0 Å². The van der Waals surface area contributed by atoms with Crippen LogP contribution in [-0.4, -0.2) is 35.1 Å². The number of benzene rings is 1. The van der Waals surface area contributed by atoms with E-state index in [-0.39, 0.29) is 23.2 Å². The van der Waals surface area contributed by atoms with E-state index < -0.39 is 0 Å². The van der Waals surface area contributed by atoms with E-state index in [2.05, 4.69) is 30.2 Å². The molecule has 2 heterocycles. The number of H-pyrrole nitrogens is 1. The lowest BCUT2D eigenvalue weighted by molar-refractivity contribution is -0.122. The zero-order chi connectivity index (χ0) is 21.4. The third kappa shape index (κ3) is 3.78. The highest BCUT2D eigenvalue weighted by Crippen LogP contribution is 2.45. The second kappa shape index (κ2) is 8.30. The molecule has 0 fully saturated rings. The maximum atomic E-state index is 13.2. The van der Waals surface area contributed by atoms with Crippen molar-refractivity contribution >= 4 is 29.1 Å². The number of nitrogens with zero attached hydrogens (tertiary/aromatic N) is 2. The van der Waals surface area contributed by atoms with Gasteiger partial charge in [0.1, 0.15) is 11.6 Å². The van der Waals surface area contributed by atoms with Gasteiger partial charge in [-0.2, -0.15) is 0 Å². The Morgan fingerprint density at radius 3 is 2.60 bits per heavy atom. The van der Waals surface area contributed by atoms with E-state index in [4.69, 9.17) is 4.98 Å². The van der Waals surface area contributed by atoms with Gasteiger partial charge in [-0.1, -0.05) is 43.8 Å². The fraction of sp³-hybridized carbons (Fsp3) is 0.435. The van der Waals surface area contributed by atoms with Gasteiger partial charge in [0.25, 0.3) is 5.56 Å². The Labute approximate surface area is 181 Å². The molecule has 2 aromatic rings. The zero-order valence-corrected chi connectivity index (χ0v) is 18.7. The molecule has 0 radical (unpaired) electrons. The minimum Gasteiger partial charge on any atom is -0.378 e. The van der Waals surface area contributed by atoms with Gasteiger partial charge >= 0.3 is 0 Å². The Kier molecular flexibility index (Phi) is 5.73. The summed E-state index contributed by atoms with van der Waals surface area (Å²) in [5.41, 5.74) is 3.30. The van der Waals surface area contributed by atoms with Crippen molar-refractivity contribution in [2.75, 3.05) is 24.3 Å². The standard InChI is InChI=1S/C23H28N4O2S/c1-5-13(2)30-23-25-21-20(22(29)26-23)18(14-9-11-15(12-10-14)27(3)4)19-16(24-21)7-6-8-17(19)28/h7,9-13,18-19H,5-6,8H2,1-4H3,(H2,24,25,26,29)/t13-,18-,19-/m1/s1. The summed E-state index contributed by atoms with van der Waals surface area (Å²) in [6.45, 7) is 4.23. The molecule has 4 rings (SSSR count). The summed E-state index contributed by atoms with van der Waals surface area (Å²) in [6.07, 6.45) is 4.30. The fourth-order valence-corrected chi connectivity index (χ4v) is 4.98. The van der Waals surface area contributed by atoms with E-state index in [1.165, 1.54) is 0 Å². The lowest BCUT2D eigenvalue weighted by atomic mass is 9.72. The summed E-state index contributed by atoms with van der Waals surface area (Å²) < 4.78 is 0. The highest BCUT2D eigenvalue weighted by molar-refractivity contribution is 7.99. The van der Waals surface area contributed by atoms with Gasteiger partial charge in [-0.25, -0.2) is 4.98 Å². The number of nitrogens with one attached hydrogen (secondary N) is 2. The average molecular weight is 425 g/mol. The predicted octanol–water partition coefficient (Wildman–Crippen LogP) is 4.15. The Morgan fingerprint density at radius 2 is 1.93 bits per heavy atom. The molecule has 1 aromatic heterocycles. The first-order valence-electron chi connectivity index (χ1n) is 10.5. The molecule has 0 saturated heterocycles. The molecular weight excluding hydrogens is 396 g/mol. The number of Topliss-reactive ketones (excluding diaryl/α,β-unsaturated/α-hetero) is 1. The van der Waals surface area contributed by atoms with Crippen LogP contribution in [0.4, 0.5) is 11.5 Å². The fourth-order valence-electron chi connectivity index (χ4n) is 4.14. The van der Waals surface area contributed by atoms with Crippen molar-refractivity contribution < 1.29 is 4.79 Å². The topological polar surface area (TPSA) is 78.1 Å². The van der Waals surface area contributed by atoms with Crippen LogP contribution in [0.3, 0.4) is 0 Å². The summed E-state index contributed by atoms with van der Waals surface area (Å²) in [6, 6.07) is 8.11. The van der Waals surface area contributed by atoms with E-state index in [1.54, 1.807) is 11.8 Å². The first-order valence-corrected chi connectivity index (χ1v) is 11.3. The third-order valence-corrected chi connectivity index (χ3v) is 7.09. The molecule has 2 N–H and O–H groups in total. The smallest absolute Gasteiger partial charge is 0.257 e. The van der Waals surface area contributed by atoms with Gasteiger partial charge in [-0.05, 0) is 30.5 Å². The molecule has 0 saturated carbocycles. The number of aromatic nitrogens is 2. The number of anilines is 2. The minimum absolute atomic E-state index is 0.169. The largest absolute Gasteiger partial charge is 0.378 e. The first-order chi connectivity index (χ1) is 14.4. The Morgan fingerprint density at radius 1 is 1.20 bits per heavy atom. The third-order valence-electron chi connectivity index (χ3n) is 5.93. The van der Waals surface area contributed by atoms with Crippen molar-refractivity contribution in [2.24, 2.45) is 5.92 Å². The minimum atomic E-state index is -0.368. The molecule has 2 aliphatic rings. The number of hydrogen-bond donors (Lipinski definition) is 2. The summed E-state index contributed by atoms with van der Waals surface area (Å²) in [5, 5.41) is 4.29. The van der Waals surface area contributed by atoms with Gasteiger partial charge in [-0.15, -0.1) is 0 Å². The van der Waals surface area contributed by atoms with Crippen LogP contribution in [0.25, 0.3) is 0 Å². The average Bonchev–Trinajstić information content (AvgIpc) is 2.72. The number of fused-ring (bicyclic) bond motifs is 2. The van der Waals surface area contributed by atoms with E-state index in [0.717, 1.165) is 29.8 Å². The van der Waals surface area contributed by atoms with Crippen molar-refractivity contribution in [2.45, 2.75) is 49.4 Å². The number of hydrogen-bond acceptors (Lipinski definition) is 6. The SMILES string of the molecule is CC[C@@H](C)Sc1nc2c(c(=O)[nH]1)[C@H](c1ccc(N(C)C)cc1)[C@H]1C(=O)CCC=C1N2. The van der Waals surface area contributed by atoms with Crippen LogP contribution in [0.15, 0.2) is 46.0 Å². The van der Waals surface area contributed by atoms with Gasteiger partial charge in [0.15, 0.2) is 5.16 Å². The van der Waals surface area contributed by atoms with Crippen LogP contribution < -0.4 is 15.8 Å². The number of aromatic amines is 1. The lowest BCUT2D eigenvalue weighted by Crippen LogP contribution is -2.38. The van der Waals surface area contributed by atoms with Crippen molar-refractivity contribution in [3.05, 3.63) is 57.5 Å².